The predicted molar refractivity (Wildman–Crippen MR) is 79.2 cm³/mol. The minimum atomic E-state index is -0.180. The summed E-state index contributed by atoms with van der Waals surface area (Å²) in [5.41, 5.74) is 0.997. The van der Waals surface area contributed by atoms with Crippen LogP contribution >= 0.6 is 11.6 Å². The van der Waals surface area contributed by atoms with Crippen LogP contribution in [0, 0.1) is 11.7 Å². The van der Waals surface area contributed by atoms with E-state index in [4.69, 9.17) is 11.6 Å². The molecule has 106 valence electrons. The molecule has 19 heavy (non-hydrogen) atoms. The van der Waals surface area contributed by atoms with E-state index in [9.17, 15) is 4.39 Å². The van der Waals surface area contributed by atoms with Gasteiger partial charge < -0.3 is 5.32 Å². The van der Waals surface area contributed by atoms with Crippen LogP contribution in [0.5, 0.6) is 0 Å². The maximum Gasteiger partial charge on any atom is 0.123 e. The van der Waals surface area contributed by atoms with E-state index in [0.717, 1.165) is 18.5 Å². The molecule has 1 aromatic carbocycles. The fraction of sp³-hybridized carbons (Fsp3) is 0.625. The second-order valence-electron chi connectivity index (χ2n) is 5.88. The lowest BCUT2D eigenvalue weighted by Gasteiger charge is -2.33. The quantitative estimate of drug-likeness (QED) is 0.841. The van der Waals surface area contributed by atoms with E-state index in [2.05, 4.69) is 19.2 Å². The Morgan fingerprint density at radius 1 is 1.32 bits per heavy atom. The van der Waals surface area contributed by atoms with Crippen molar-refractivity contribution in [2.24, 2.45) is 5.92 Å². The molecule has 1 aliphatic rings. The second kappa shape index (κ2) is 6.71. The molecule has 2 rings (SSSR count). The predicted octanol–water partition coefficient (Wildman–Crippen LogP) is 4.75. The van der Waals surface area contributed by atoms with Crippen LogP contribution < -0.4 is 5.32 Å². The number of nitrogens with one attached hydrogen (secondary N) is 1. The Kier molecular flexibility index (Phi) is 5.23. The van der Waals surface area contributed by atoms with Gasteiger partial charge in [0.2, 0.25) is 0 Å². The highest BCUT2D eigenvalue weighted by Crippen LogP contribution is 2.40. The molecule has 0 aromatic heterocycles. The number of benzene rings is 1. The third-order valence-corrected chi connectivity index (χ3v) is 4.40. The highest BCUT2D eigenvalue weighted by molar-refractivity contribution is 6.31. The van der Waals surface area contributed by atoms with Crippen LogP contribution in [0.1, 0.15) is 51.0 Å². The summed E-state index contributed by atoms with van der Waals surface area (Å²) in [7, 11) is 0. The van der Waals surface area contributed by atoms with Gasteiger partial charge in [-0.3, -0.25) is 0 Å². The molecule has 0 spiro atoms. The third-order valence-electron chi connectivity index (χ3n) is 4.05. The molecular formula is C16H23ClFN. The minimum absolute atomic E-state index is 0.180. The largest absolute Gasteiger partial charge is 0.314 e. The summed E-state index contributed by atoms with van der Waals surface area (Å²) in [4.78, 5) is 0. The average molecular weight is 284 g/mol. The Bertz CT molecular complexity index is 419. The Hall–Kier alpha value is -0.600. The van der Waals surface area contributed by atoms with E-state index in [1.54, 1.807) is 12.1 Å². The van der Waals surface area contributed by atoms with Gasteiger partial charge in [-0.25, -0.2) is 4.39 Å². The van der Waals surface area contributed by atoms with Gasteiger partial charge in [0.1, 0.15) is 5.82 Å². The van der Waals surface area contributed by atoms with Crippen molar-refractivity contribution in [1.82, 2.24) is 5.32 Å². The first kappa shape index (κ1) is 14.8. The van der Waals surface area contributed by atoms with Gasteiger partial charge >= 0.3 is 0 Å². The summed E-state index contributed by atoms with van der Waals surface area (Å²) in [5.74, 6) is 0.777. The normalized spacial score (nSPS) is 23.8. The van der Waals surface area contributed by atoms with E-state index in [-0.39, 0.29) is 5.82 Å². The maximum atomic E-state index is 13.5. The second-order valence-corrected chi connectivity index (χ2v) is 6.29. The van der Waals surface area contributed by atoms with Crippen LogP contribution in [0.4, 0.5) is 4.39 Å². The zero-order valence-electron chi connectivity index (χ0n) is 11.8. The standard InChI is InChI=1S/C16H23ClFN/c1-11(2)19-10-12-5-3-4-6-14(12)15-9-13(18)7-8-16(15)17/h7-9,11-12,14,19H,3-6,10H2,1-2H3. The lowest BCUT2D eigenvalue weighted by atomic mass is 9.75. The van der Waals surface area contributed by atoms with Gasteiger partial charge in [0, 0.05) is 11.1 Å². The van der Waals surface area contributed by atoms with Crippen molar-refractivity contribution in [3.63, 3.8) is 0 Å². The van der Waals surface area contributed by atoms with Crippen molar-refractivity contribution in [1.29, 1.82) is 0 Å². The van der Waals surface area contributed by atoms with Gasteiger partial charge in [-0.05, 0) is 55.0 Å². The first-order chi connectivity index (χ1) is 9.08. The van der Waals surface area contributed by atoms with Crippen LogP contribution in [-0.4, -0.2) is 12.6 Å². The fourth-order valence-electron chi connectivity index (χ4n) is 3.05. The molecule has 1 aliphatic carbocycles. The van der Waals surface area contributed by atoms with Crippen molar-refractivity contribution in [2.75, 3.05) is 6.54 Å². The summed E-state index contributed by atoms with van der Waals surface area (Å²) >= 11 is 6.27. The number of rotatable bonds is 4. The molecule has 0 amide bonds. The van der Waals surface area contributed by atoms with Crippen molar-refractivity contribution in [3.05, 3.63) is 34.6 Å². The van der Waals surface area contributed by atoms with Gasteiger partial charge in [0.25, 0.3) is 0 Å². The number of halogens is 2. The number of hydrogen-bond donors (Lipinski definition) is 1. The van der Waals surface area contributed by atoms with Crippen molar-refractivity contribution >= 4 is 11.6 Å². The molecule has 3 heteroatoms. The Labute approximate surface area is 120 Å². The summed E-state index contributed by atoms with van der Waals surface area (Å²) in [5, 5.41) is 4.22. The Balaban J connectivity index is 2.16. The monoisotopic (exact) mass is 283 g/mol. The first-order valence-electron chi connectivity index (χ1n) is 7.26. The van der Waals surface area contributed by atoms with Crippen LogP contribution in [0.3, 0.4) is 0 Å². The highest BCUT2D eigenvalue weighted by Gasteiger charge is 2.28. The Morgan fingerprint density at radius 3 is 2.79 bits per heavy atom. The maximum absolute atomic E-state index is 13.5. The first-order valence-corrected chi connectivity index (χ1v) is 7.64. The SMILES string of the molecule is CC(C)NCC1CCCCC1c1cc(F)ccc1Cl. The summed E-state index contributed by atoms with van der Waals surface area (Å²) in [6.45, 7) is 5.31. The fourth-order valence-corrected chi connectivity index (χ4v) is 3.30. The molecule has 1 nitrogen and oxygen atoms in total. The summed E-state index contributed by atoms with van der Waals surface area (Å²) in [6.07, 6.45) is 4.81. The summed E-state index contributed by atoms with van der Waals surface area (Å²) in [6, 6.07) is 5.25. The zero-order valence-corrected chi connectivity index (χ0v) is 12.5. The van der Waals surface area contributed by atoms with Crippen molar-refractivity contribution in [2.45, 2.75) is 51.5 Å². The molecule has 1 fully saturated rings. The lowest BCUT2D eigenvalue weighted by molar-refractivity contribution is 0.289. The van der Waals surface area contributed by atoms with Gasteiger partial charge in [-0.2, -0.15) is 0 Å². The van der Waals surface area contributed by atoms with Gasteiger partial charge in [0.05, 0.1) is 0 Å². The van der Waals surface area contributed by atoms with E-state index in [0.29, 0.717) is 22.9 Å². The average Bonchev–Trinajstić information content (AvgIpc) is 2.39. The highest BCUT2D eigenvalue weighted by atomic mass is 35.5. The van der Waals surface area contributed by atoms with E-state index < -0.39 is 0 Å². The molecule has 1 aromatic rings. The van der Waals surface area contributed by atoms with Crippen LogP contribution in [-0.2, 0) is 0 Å². The molecule has 0 radical (unpaired) electrons. The smallest absolute Gasteiger partial charge is 0.123 e. The van der Waals surface area contributed by atoms with Crippen molar-refractivity contribution < 1.29 is 4.39 Å². The van der Waals surface area contributed by atoms with Crippen LogP contribution in [0.15, 0.2) is 18.2 Å². The van der Waals surface area contributed by atoms with Gasteiger partial charge in [-0.15, -0.1) is 0 Å². The molecule has 1 N–H and O–H groups in total. The number of hydrogen-bond acceptors (Lipinski definition) is 1. The van der Waals surface area contributed by atoms with Crippen molar-refractivity contribution in [3.8, 4) is 0 Å². The molecule has 0 bridgehead atoms. The summed E-state index contributed by atoms with van der Waals surface area (Å²) < 4.78 is 13.5. The topological polar surface area (TPSA) is 12.0 Å². The van der Waals surface area contributed by atoms with E-state index in [1.165, 1.54) is 25.3 Å². The Morgan fingerprint density at radius 2 is 2.05 bits per heavy atom. The van der Waals surface area contributed by atoms with Gasteiger partial charge in [-0.1, -0.05) is 38.3 Å². The molecule has 2 unspecified atom stereocenters. The molecule has 0 heterocycles. The molecule has 0 aliphatic heterocycles. The molecule has 2 atom stereocenters. The lowest BCUT2D eigenvalue weighted by Crippen LogP contribution is -2.33. The zero-order chi connectivity index (χ0) is 13.8. The van der Waals surface area contributed by atoms with E-state index in [1.807, 2.05) is 0 Å². The van der Waals surface area contributed by atoms with Crippen LogP contribution in [0.2, 0.25) is 5.02 Å². The van der Waals surface area contributed by atoms with Gasteiger partial charge in [0.15, 0.2) is 0 Å². The molecular weight excluding hydrogens is 261 g/mol. The molecule has 0 saturated heterocycles. The minimum Gasteiger partial charge on any atom is -0.314 e. The van der Waals surface area contributed by atoms with E-state index >= 15 is 0 Å². The third kappa shape index (κ3) is 3.93. The van der Waals surface area contributed by atoms with Crippen LogP contribution in [0.25, 0.3) is 0 Å². The molecule has 1 saturated carbocycles.